The van der Waals surface area contributed by atoms with E-state index in [4.69, 9.17) is 10.5 Å². The van der Waals surface area contributed by atoms with Crippen molar-refractivity contribution in [1.29, 1.82) is 0 Å². The summed E-state index contributed by atoms with van der Waals surface area (Å²) in [5.74, 6) is 2.13. The molecule has 2 N–H and O–H groups in total. The Bertz CT molecular complexity index is 349. The Balaban J connectivity index is 0.00000147. The van der Waals surface area contributed by atoms with Crippen molar-refractivity contribution in [1.82, 2.24) is 4.90 Å². The van der Waals surface area contributed by atoms with Gasteiger partial charge in [-0.3, -0.25) is 4.79 Å². The van der Waals surface area contributed by atoms with Crippen molar-refractivity contribution >= 4 is 18.3 Å². The van der Waals surface area contributed by atoms with E-state index in [0.29, 0.717) is 23.7 Å². The lowest BCUT2D eigenvalue weighted by molar-refractivity contribution is -0.140. The van der Waals surface area contributed by atoms with Gasteiger partial charge in [0.1, 0.15) is 0 Å². The maximum absolute atomic E-state index is 12.8. The van der Waals surface area contributed by atoms with E-state index in [0.717, 1.165) is 26.1 Å². The van der Waals surface area contributed by atoms with Crippen LogP contribution in [0.1, 0.15) is 32.1 Å². The molecule has 2 bridgehead atoms. The number of likely N-dealkylation sites (tertiary alicyclic amines) is 1. The molecular formula is C15H27ClN2O2. The Labute approximate surface area is 127 Å². The van der Waals surface area contributed by atoms with Crippen molar-refractivity contribution < 1.29 is 9.53 Å². The Kier molecular flexibility index (Phi) is 5.32. The number of ether oxygens (including phenoxy) is 1. The van der Waals surface area contributed by atoms with Crippen LogP contribution in [0, 0.1) is 23.7 Å². The summed E-state index contributed by atoms with van der Waals surface area (Å²) in [6.07, 6.45) is 5.93. The molecule has 3 fully saturated rings. The lowest BCUT2D eigenvalue weighted by atomic mass is 9.83. The van der Waals surface area contributed by atoms with Gasteiger partial charge in [0, 0.05) is 26.2 Å². The van der Waals surface area contributed by atoms with E-state index in [1.165, 1.54) is 25.7 Å². The quantitative estimate of drug-likeness (QED) is 0.863. The van der Waals surface area contributed by atoms with Gasteiger partial charge in [0.05, 0.1) is 12.5 Å². The maximum Gasteiger partial charge on any atom is 0.227 e. The smallest absolute Gasteiger partial charge is 0.227 e. The standard InChI is InChI=1S/C15H26N2O2.ClH/c1-19-9-10-3-2-6-17(8-10)15(18)13-11-4-5-12(7-11)14(13)16;/h10-14H,2-9,16H2,1H3;1H. The summed E-state index contributed by atoms with van der Waals surface area (Å²) in [5, 5.41) is 0. The third kappa shape index (κ3) is 2.83. The monoisotopic (exact) mass is 302 g/mol. The van der Waals surface area contributed by atoms with Crippen molar-refractivity contribution in [3.05, 3.63) is 0 Å². The number of fused-ring (bicyclic) bond motifs is 2. The number of nitrogens with two attached hydrogens (primary N) is 1. The zero-order valence-corrected chi connectivity index (χ0v) is 13.1. The first kappa shape index (κ1) is 16.1. The highest BCUT2D eigenvalue weighted by Gasteiger charge is 2.50. The third-order valence-electron chi connectivity index (χ3n) is 5.50. The number of hydrogen-bond donors (Lipinski definition) is 1. The molecule has 0 aromatic heterocycles. The number of carbonyl (C=O) groups is 1. The summed E-state index contributed by atoms with van der Waals surface area (Å²) in [6.45, 7) is 2.56. The number of hydrogen-bond acceptors (Lipinski definition) is 3. The summed E-state index contributed by atoms with van der Waals surface area (Å²) in [4.78, 5) is 14.8. The van der Waals surface area contributed by atoms with Crippen LogP contribution in [0.4, 0.5) is 0 Å². The minimum Gasteiger partial charge on any atom is -0.384 e. The van der Waals surface area contributed by atoms with Gasteiger partial charge in [-0.2, -0.15) is 0 Å². The molecular weight excluding hydrogens is 276 g/mol. The summed E-state index contributed by atoms with van der Waals surface area (Å²) in [7, 11) is 1.74. The number of piperidine rings is 1. The van der Waals surface area contributed by atoms with Crippen molar-refractivity contribution in [2.75, 3.05) is 26.8 Å². The fraction of sp³-hybridized carbons (Fsp3) is 0.933. The van der Waals surface area contributed by atoms with Crippen LogP contribution in [-0.4, -0.2) is 43.7 Å². The summed E-state index contributed by atoms with van der Waals surface area (Å²) in [5.41, 5.74) is 6.29. The van der Waals surface area contributed by atoms with Crippen LogP contribution >= 0.6 is 12.4 Å². The molecule has 5 unspecified atom stereocenters. The van der Waals surface area contributed by atoms with Crippen LogP contribution in [0.5, 0.6) is 0 Å². The lowest BCUT2D eigenvalue weighted by Gasteiger charge is -2.37. The van der Waals surface area contributed by atoms with E-state index in [9.17, 15) is 4.79 Å². The fourth-order valence-electron chi connectivity index (χ4n) is 4.55. The molecule has 1 amide bonds. The normalized spacial score (nSPS) is 39.7. The largest absolute Gasteiger partial charge is 0.384 e. The van der Waals surface area contributed by atoms with E-state index in [2.05, 4.69) is 4.90 Å². The van der Waals surface area contributed by atoms with Gasteiger partial charge in [0.25, 0.3) is 0 Å². The van der Waals surface area contributed by atoms with Gasteiger partial charge in [-0.1, -0.05) is 0 Å². The number of halogens is 1. The van der Waals surface area contributed by atoms with E-state index in [1.54, 1.807) is 7.11 Å². The predicted octanol–water partition coefficient (Wildman–Crippen LogP) is 1.67. The second-order valence-electron chi connectivity index (χ2n) is 6.68. The van der Waals surface area contributed by atoms with Crippen molar-refractivity contribution in [2.24, 2.45) is 29.4 Å². The highest BCUT2D eigenvalue weighted by molar-refractivity contribution is 5.85. The number of methoxy groups -OCH3 is 1. The lowest BCUT2D eigenvalue weighted by Crippen LogP contribution is -2.50. The Hall–Kier alpha value is -0.320. The molecule has 0 aromatic rings. The average molecular weight is 303 g/mol. The van der Waals surface area contributed by atoms with Crippen LogP contribution in [0.3, 0.4) is 0 Å². The van der Waals surface area contributed by atoms with Crippen LogP contribution in [-0.2, 0) is 9.53 Å². The Morgan fingerprint density at radius 2 is 2.05 bits per heavy atom. The Morgan fingerprint density at radius 1 is 1.30 bits per heavy atom. The molecule has 3 rings (SSSR count). The van der Waals surface area contributed by atoms with Crippen LogP contribution in [0.25, 0.3) is 0 Å². The molecule has 20 heavy (non-hydrogen) atoms. The summed E-state index contributed by atoms with van der Waals surface area (Å²) < 4.78 is 5.24. The van der Waals surface area contributed by atoms with Gasteiger partial charge in [-0.25, -0.2) is 0 Å². The zero-order valence-electron chi connectivity index (χ0n) is 12.3. The zero-order chi connectivity index (χ0) is 13.4. The maximum atomic E-state index is 12.8. The van der Waals surface area contributed by atoms with Gasteiger partial charge in [-0.05, 0) is 49.9 Å². The summed E-state index contributed by atoms with van der Waals surface area (Å²) in [6, 6.07) is 0.119. The topological polar surface area (TPSA) is 55.6 Å². The molecule has 1 aliphatic heterocycles. The van der Waals surface area contributed by atoms with Gasteiger partial charge in [0.2, 0.25) is 5.91 Å². The predicted molar refractivity (Wildman–Crippen MR) is 80.7 cm³/mol. The minimum absolute atomic E-state index is 0. The molecule has 116 valence electrons. The molecule has 1 saturated heterocycles. The van der Waals surface area contributed by atoms with Crippen molar-refractivity contribution in [2.45, 2.75) is 38.1 Å². The molecule has 0 spiro atoms. The first-order valence-corrected chi connectivity index (χ1v) is 7.74. The first-order chi connectivity index (χ1) is 9.20. The number of rotatable bonds is 3. The summed E-state index contributed by atoms with van der Waals surface area (Å²) >= 11 is 0. The van der Waals surface area contributed by atoms with Gasteiger partial charge < -0.3 is 15.4 Å². The van der Waals surface area contributed by atoms with Crippen LogP contribution < -0.4 is 5.73 Å². The fourth-order valence-corrected chi connectivity index (χ4v) is 4.55. The number of amides is 1. The molecule has 5 heteroatoms. The molecule has 1 heterocycles. The Morgan fingerprint density at radius 3 is 2.70 bits per heavy atom. The second kappa shape index (κ2) is 6.63. The van der Waals surface area contributed by atoms with Crippen molar-refractivity contribution in [3.63, 3.8) is 0 Å². The van der Waals surface area contributed by atoms with E-state index < -0.39 is 0 Å². The molecule has 5 atom stereocenters. The van der Waals surface area contributed by atoms with Crippen LogP contribution in [0.15, 0.2) is 0 Å². The van der Waals surface area contributed by atoms with E-state index in [1.807, 2.05) is 0 Å². The molecule has 2 aliphatic carbocycles. The molecule has 2 saturated carbocycles. The SMILES string of the molecule is COCC1CCCN(C(=O)C2C3CCC(C3)C2N)C1.Cl. The third-order valence-corrected chi connectivity index (χ3v) is 5.50. The first-order valence-electron chi connectivity index (χ1n) is 7.74. The average Bonchev–Trinajstić information content (AvgIpc) is 2.99. The van der Waals surface area contributed by atoms with Gasteiger partial charge >= 0.3 is 0 Å². The number of nitrogens with zero attached hydrogens (tertiary/aromatic N) is 1. The van der Waals surface area contributed by atoms with Crippen molar-refractivity contribution in [3.8, 4) is 0 Å². The minimum atomic E-state index is 0. The number of carbonyl (C=O) groups excluding carboxylic acids is 1. The molecule has 3 aliphatic rings. The van der Waals surface area contributed by atoms with E-state index >= 15 is 0 Å². The highest BCUT2D eigenvalue weighted by Crippen LogP contribution is 2.48. The van der Waals surface area contributed by atoms with Crippen LogP contribution in [0.2, 0.25) is 0 Å². The molecule has 0 aromatic carbocycles. The second-order valence-corrected chi connectivity index (χ2v) is 6.68. The van der Waals surface area contributed by atoms with Gasteiger partial charge in [0.15, 0.2) is 0 Å². The van der Waals surface area contributed by atoms with Gasteiger partial charge in [-0.15, -0.1) is 12.4 Å². The highest BCUT2D eigenvalue weighted by atomic mass is 35.5. The van der Waals surface area contributed by atoms with E-state index in [-0.39, 0.29) is 24.4 Å². The molecule has 0 radical (unpaired) electrons. The molecule has 4 nitrogen and oxygen atoms in total.